The summed E-state index contributed by atoms with van der Waals surface area (Å²) in [6.45, 7) is 3.28. The van der Waals surface area contributed by atoms with Crippen molar-refractivity contribution in [3.63, 3.8) is 0 Å². The van der Waals surface area contributed by atoms with Crippen molar-refractivity contribution in [2.75, 3.05) is 26.2 Å². The number of hydrogen-bond acceptors (Lipinski definition) is 2. The van der Waals surface area contributed by atoms with Crippen molar-refractivity contribution in [2.24, 2.45) is 0 Å². The van der Waals surface area contributed by atoms with Crippen molar-refractivity contribution in [1.29, 1.82) is 0 Å². The number of hydrogen-bond donors (Lipinski definition) is 0. The highest BCUT2D eigenvalue weighted by molar-refractivity contribution is 14.1. The fraction of sp³-hybridized carbons (Fsp3) is 0.538. The van der Waals surface area contributed by atoms with Crippen LogP contribution in [0.5, 0.6) is 5.75 Å². The van der Waals surface area contributed by atoms with E-state index in [9.17, 15) is 4.39 Å². The molecule has 2 rings (SSSR count). The Morgan fingerprint density at radius 1 is 1.24 bits per heavy atom. The summed E-state index contributed by atoms with van der Waals surface area (Å²) in [7, 11) is 0. The largest absolute Gasteiger partial charge is 0.492 e. The summed E-state index contributed by atoms with van der Waals surface area (Å²) < 4.78 is 19.8. The molecule has 0 radical (unpaired) electrons. The van der Waals surface area contributed by atoms with Gasteiger partial charge in [0.15, 0.2) is 0 Å². The number of piperidine rings is 1. The molecule has 1 fully saturated rings. The third kappa shape index (κ3) is 4.43. The van der Waals surface area contributed by atoms with Gasteiger partial charge in [0.25, 0.3) is 0 Å². The van der Waals surface area contributed by atoms with Gasteiger partial charge in [0.2, 0.25) is 0 Å². The van der Waals surface area contributed by atoms with Crippen LogP contribution in [0.4, 0.5) is 4.39 Å². The minimum atomic E-state index is -0.594. The van der Waals surface area contributed by atoms with Crippen LogP contribution in [-0.2, 0) is 0 Å². The number of rotatable bonds is 4. The molecule has 1 heterocycles. The summed E-state index contributed by atoms with van der Waals surface area (Å²) in [5.74, 6) is 0.908. The zero-order valence-electron chi connectivity index (χ0n) is 9.74. The minimum absolute atomic E-state index is 0.594. The highest BCUT2D eigenvalue weighted by Gasteiger charge is 2.17. The number of nitrogens with zero attached hydrogens (tertiary/aromatic N) is 1. The van der Waals surface area contributed by atoms with Crippen LogP contribution in [0.3, 0.4) is 0 Å². The molecule has 1 aromatic rings. The van der Waals surface area contributed by atoms with Gasteiger partial charge >= 0.3 is 0 Å². The van der Waals surface area contributed by atoms with Crippen molar-refractivity contribution in [1.82, 2.24) is 4.90 Å². The molecule has 0 amide bonds. The van der Waals surface area contributed by atoms with Crippen LogP contribution in [0.2, 0.25) is 0 Å². The molecular weight excluding hydrogens is 332 g/mol. The maximum atomic E-state index is 12.9. The van der Waals surface area contributed by atoms with Crippen molar-refractivity contribution in [2.45, 2.75) is 19.0 Å². The van der Waals surface area contributed by atoms with E-state index in [1.165, 1.54) is 3.57 Å². The lowest BCUT2D eigenvalue weighted by atomic mass is 10.1. The van der Waals surface area contributed by atoms with E-state index in [-0.39, 0.29) is 0 Å². The highest BCUT2D eigenvalue weighted by atomic mass is 127. The van der Waals surface area contributed by atoms with E-state index in [2.05, 4.69) is 27.5 Å². The van der Waals surface area contributed by atoms with E-state index in [4.69, 9.17) is 4.74 Å². The third-order valence-electron chi connectivity index (χ3n) is 3.01. The summed E-state index contributed by atoms with van der Waals surface area (Å²) in [6, 6.07) is 8.03. The standard InChI is InChI=1S/C13H17FINO/c14-11-5-7-16(8-6-11)9-10-17-13-3-1-12(15)2-4-13/h1-4,11H,5-10H2. The first kappa shape index (κ1) is 13.1. The second-order valence-corrected chi connectivity index (χ2v) is 5.56. The van der Waals surface area contributed by atoms with Crippen LogP contribution in [0, 0.1) is 3.57 Å². The third-order valence-corrected chi connectivity index (χ3v) is 3.73. The predicted octanol–water partition coefficient (Wildman–Crippen LogP) is 3.10. The SMILES string of the molecule is FC1CCN(CCOc2ccc(I)cc2)CC1. The lowest BCUT2D eigenvalue weighted by molar-refractivity contribution is 0.132. The van der Waals surface area contributed by atoms with Gasteiger partial charge < -0.3 is 4.74 Å². The first-order chi connectivity index (χ1) is 8.24. The summed E-state index contributed by atoms with van der Waals surface area (Å²) >= 11 is 2.27. The Morgan fingerprint density at radius 2 is 1.88 bits per heavy atom. The Labute approximate surface area is 115 Å². The Kier molecular flexibility index (Phi) is 5.03. The molecule has 2 nitrogen and oxygen atoms in total. The van der Waals surface area contributed by atoms with Crippen molar-refractivity contribution >= 4 is 22.6 Å². The zero-order valence-corrected chi connectivity index (χ0v) is 11.9. The summed E-state index contributed by atoms with van der Waals surface area (Å²) in [5.41, 5.74) is 0. The monoisotopic (exact) mass is 349 g/mol. The Morgan fingerprint density at radius 3 is 2.53 bits per heavy atom. The second-order valence-electron chi connectivity index (χ2n) is 4.32. The predicted molar refractivity (Wildman–Crippen MR) is 75.2 cm³/mol. The molecule has 1 aliphatic heterocycles. The lowest BCUT2D eigenvalue weighted by Crippen LogP contribution is -2.37. The average Bonchev–Trinajstić information content (AvgIpc) is 2.34. The molecule has 0 spiro atoms. The van der Waals surface area contributed by atoms with E-state index in [0.717, 1.165) is 25.4 Å². The maximum absolute atomic E-state index is 12.9. The first-order valence-electron chi connectivity index (χ1n) is 5.99. The molecule has 0 aliphatic carbocycles. The van der Waals surface area contributed by atoms with E-state index < -0.39 is 6.17 Å². The summed E-state index contributed by atoms with van der Waals surface area (Å²) in [5, 5.41) is 0. The molecular formula is C13H17FINO. The highest BCUT2D eigenvalue weighted by Crippen LogP contribution is 2.15. The van der Waals surface area contributed by atoms with Gasteiger partial charge in [0.1, 0.15) is 18.5 Å². The quantitative estimate of drug-likeness (QED) is 0.775. The van der Waals surface area contributed by atoms with Crippen LogP contribution in [-0.4, -0.2) is 37.3 Å². The van der Waals surface area contributed by atoms with E-state index in [1.807, 2.05) is 24.3 Å². The van der Waals surface area contributed by atoms with Gasteiger partial charge in [-0.1, -0.05) is 0 Å². The van der Waals surface area contributed by atoms with Crippen molar-refractivity contribution in [3.05, 3.63) is 27.8 Å². The molecule has 1 saturated heterocycles. The van der Waals surface area contributed by atoms with Crippen LogP contribution in [0.15, 0.2) is 24.3 Å². The van der Waals surface area contributed by atoms with Crippen LogP contribution in [0.1, 0.15) is 12.8 Å². The van der Waals surface area contributed by atoms with E-state index >= 15 is 0 Å². The molecule has 0 aromatic heterocycles. The van der Waals surface area contributed by atoms with Crippen LogP contribution >= 0.6 is 22.6 Å². The number of likely N-dealkylation sites (tertiary alicyclic amines) is 1. The van der Waals surface area contributed by atoms with Gasteiger partial charge in [0.05, 0.1) is 0 Å². The molecule has 17 heavy (non-hydrogen) atoms. The van der Waals surface area contributed by atoms with Crippen LogP contribution < -0.4 is 4.74 Å². The Bertz CT molecular complexity index is 336. The molecule has 4 heteroatoms. The van der Waals surface area contributed by atoms with Gasteiger partial charge in [0, 0.05) is 23.2 Å². The zero-order chi connectivity index (χ0) is 12.1. The normalized spacial score (nSPS) is 18.2. The van der Waals surface area contributed by atoms with Gasteiger partial charge in [-0.25, -0.2) is 4.39 Å². The van der Waals surface area contributed by atoms with E-state index in [1.54, 1.807) is 0 Å². The molecule has 1 aromatic carbocycles. The average molecular weight is 349 g/mol. The van der Waals surface area contributed by atoms with Crippen LogP contribution in [0.25, 0.3) is 0 Å². The number of alkyl halides is 1. The maximum Gasteiger partial charge on any atom is 0.119 e. The Balaban J connectivity index is 1.67. The second kappa shape index (κ2) is 6.54. The molecule has 94 valence electrons. The Hall–Kier alpha value is -0.360. The van der Waals surface area contributed by atoms with Crippen molar-refractivity contribution < 1.29 is 9.13 Å². The van der Waals surface area contributed by atoms with Gasteiger partial charge in [-0.15, -0.1) is 0 Å². The van der Waals surface area contributed by atoms with Gasteiger partial charge in [-0.2, -0.15) is 0 Å². The molecule has 0 N–H and O–H groups in total. The molecule has 0 atom stereocenters. The van der Waals surface area contributed by atoms with Gasteiger partial charge in [-0.05, 0) is 59.7 Å². The fourth-order valence-electron chi connectivity index (χ4n) is 1.95. The fourth-order valence-corrected chi connectivity index (χ4v) is 2.31. The summed E-state index contributed by atoms with van der Waals surface area (Å²) in [4.78, 5) is 2.27. The summed E-state index contributed by atoms with van der Waals surface area (Å²) in [6.07, 6.45) is 0.746. The van der Waals surface area contributed by atoms with Gasteiger partial charge in [-0.3, -0.25) is 4.90 Å². The topological polar surface area (TPSA) is 12.5 Å². The smallest absolute Gasteiger partial charge is 0.119 e. The number of benzene rings is 1. The van der Waals surface area contributed by atoms with E-state index in [0.29, 0.717) is 19.4 Å². The number of halogens is 2. The lowest BCUT2D eigenvalue weighted by Gasteiger charge is -2.28. The first-order valence-corrected chi connectivity index (χ1v) is 7.07. The molecule has 0 saturated carbocycles. The molecule has 0 unspecified atom stereocenters. The van der Waals surface area contributed by atoms with Crippen molar-refractivity contribution in [3.8, 4) is 5.75 Å². The number of ether oxygens (including phenoxy) is 1. The molecule has 0 bridgehead atoms. The minimum Gasteiger partial charge on any atom is -0.492 e. The molecule has 1 aliphatic rings.